The molecule has 7 aromatic rings. The van der Waals surface area contributed by atoms with E-state index in [0.29, 0.717) is 0 Å². The van der Waals surface area contributed by atoms with Crippen molar-refractivity contribution in [1.82, 2.24) is 0 Å². The maximum atomic E-state index is 2.47. The highest BCUT2D eigenvalue weighted by molar-refractivity contribution is 7.14. The molecule has 4 heteroatoms. The van der Waals surface area contributed by atoms with E-state index in [0.717, 1.165) is 24.2 Å². The monoisotopic (exact) mass is 630 g/mol. The molecule has 0 bridgehead atoms. The van der Waals surface area contributed by atoms with Gasteiger partial charge in [-0.1, -0.05) is 92.2 Å². The van der Waals surface area contributed by atoms with Crippen LogP contribution in [0.4, 0.5) is 32.8 Å². The molecule has 0 atom stereocenters. The standard InChI is InChI=1S/C42H34N2S2/c1-2-26-42(31-14-6-3-7-15-31)38-29-34(43(40-20-12-27-45-40)32-16-8-4-9-17-32)22-24-36(38)37-25-23-35(30-39(37)42)44(41-21-13-28-46-41)33-18-10-5-11-19-33/h3-25,27-30H,2,26H2,1H3. The Labute approximate surface area is 279 Å². The topological polar surface area (TPSA) is 6.48 Å². The summed E-state index contributed by atoms with van der Waals surface area (Å²) in [5.74, 6) is 0. The molecule has 0 saturated carbocycles. The third kappa shape index (κ3) is 4.77. The van der Waals surface area contributed by atoms with Crippen LogP contribution in [-0.2, 0) is 5.41 Å². The average molecular weight is 631 g/mol. The Morgan fingerprint density at radius 3 is 1.35 bits per heavy atom. The molecule has 0 unspecified atom stereocenters. The second kappa shape index (κ2) is 12.1. The minimum absolute atomic E-state index is 0.289. The van der Waals surface area contributed by atoms with Gasteiger partial charge in [-0.25, -0.2) is 0 Å². The molecular formula is C42H34N2S2. The van der Waals surface area contributed by atoms with Crippen molar-refractivity contribution >= 4 is 55.4 Å². The predicted octanol–water partition coefficient (Wildman–Crippen LogP) is 12.9. The molecule has 224 valence electrons. The minimum atomic E-state index is -0.289. The van der Waals surface area contributed by atoms with E-state index in [4.69, 9.17) is 0 Å². The van der Waals surface area contributed by atoms with Gasteiger partial charge in [-0.2, -0.15) is 0 Å². The van der Waals surface area contributed by atoms with Crippen LogP contribution in [0.2, 0.25) is 0 Å². The molecule has 2 nitrogen and oxygen atoms in total. The largest absolute Gasteiger partial charge is 0.302 e. The van der Waals surface area contributed by atoms with E-state index >= 15 is 0 Å². The molecule has 2 aromatic heterocycles. The lowest BCUT2D eigenvalue weighted by Crippen LogP contribution is -2.27. The van der Waals surface area contributed by atoms with Crippen LogP contribution >= 0.6 is 22.7 Å². The van der Waals surface area contributed by atoms with Gasteiger partial charge in [0.2, 0.25) is 0 Å². The van der Waals surface area contributed by atoms with Crippen molar-refractivity contribution in [2.24, 2.45) is 0 Å². The zero-order valence-electron chi connectivity index (χ0n) is 25.7. The fraction of sp³-hybridized carbons (Fsp3) is 0.0952. The van der Waals surface area contributed by atoms with E-state index in [-0.39, 0.29) is 5.41 Å². The summed E-state index contributed by atoms with van der Waals surface area (Å²) in [5, 5.41) is 6.74. The Balaban J connectivity index is 1.36. The Bertz CT molecular complexity index is 1920. The van der Waals surface area contributed by atoms with Gasteiger partial charge in [0, 0.05) is 28.2 Å². The summed E-state index contributed by atoms with van der Waals surface area (Å²) in [6, 6.07) is 55.6. The van der Waals surface area contributed by atoms with E-state index in [2.05, 4.69) is 179 Å². The maximum absolute atomic E-state index is 2.47. The molecule has 0 fully saturated rings. The molecule has 46 heavy (non-hydrogen) atoms. The number of anilines is 6. The van der Waals surface area contributed by atoms with Gasteiger partial charge in [-0.05, 0) is 118 Å². The summed E-state index contributed by atoms with van der Waals surface area (Å²) in [7, 11) is 0. The zero-order valence-corrected chi connectivity index (χ0v) is 27.3. The van der Waals surface area contributed by atoms with Crippen molar-refractivity contribution in [3.8, 4) is 11.1 Å². The molecule has 0 aliphatic heterocycles. The molecule has 0 amide bonds. The van der Waals surface area contributed by atoms with E-state index in [1.54, 1.807) is 22.7 Å². The average Bonchev–Trinajstić information content (AvgIpc) is 3.89. The number of fused-ring (bicyclic) bond motifs is 3. The number of benzene rings is 5. The molecule has 0 radical (unpaired) electrons. The Morgan fingerprint density at radius 2 is 0.935 bits per heavy atom. The third-order valence-corrected chi connectivity index (χ3v) is 10.8. The molecule has 1 aliphatic carbocycles. The van der Waals surface area contributed by atoms with E-state index in [1.165, 1.54) is 49.2 Å². The van der Waals surface area contributed by atoms with Crippen molar-refractivity contribution in [1.29, 1.82) is 0 Å². The van der Waals surface area contributed by atoms with Gasteiger partial charge in [0.1, 0.15) is 0 Å². The molecule has 2 heterocycles. The summed E-state index contributed by atoms with van der Waals surface area (Å²) in [6.45, 7) is 2.32. The SMILES string of the molecule is CCCC1(c2ccccc2)c2cc(N(c3ccccc3)c3cccs3)ccc2-c2ccc(N(c3ccccc3)c3cccs3)cc21. The van der Waals surface area contributed by atoms with Crippen molar-refractivity contribution in [3.63, 3.8) is 0 Å². The Hall–Kier alpha value is -4.90. The van der Waals surface area contributed by atoms with Crippen molar-refractivity contribution in [3.05, 3.63) is 179 Å². The normalized spacial score (nSPS) is 12.8. The number of nitrogens with zero attached hydrogens (tertiary/aromatic N) is 2. The zero-order chi connectivity index (χ0) is 30.9. The minimum Gasteiger partial charge on any atom is -0.302 e. The van der Waals surface area contributed by atoms with Gasteiger partial charge in [0.25, 0.3) is 0 Å². The lowest BCUT2D eigenvalue weighted by molar-refractivity contribution is 0.563. The Kier molecular flexibility index (Phi) is 7.53. The maximum Gasteiger partial charge on any atom is 0.0999 e. The van der Waals surface area contributed by atoms with Crippen LogP contribution in [0.5, 0.6) is 0 Å². The first kappa shape index (κ1) is 28.6. The van der Waals surface area contributed by atoms with Gasteiger partial charge < -0.3 is 9.80 Å². The first-order valence-electron chi connectivity index (χ1n) is 15.9. The van der Waals surface area contributed by atoms with Crippen LogP contribution in [0.1, 0.15) is 36.5 Å². The third-order valence-electron chi connectivity index (χ3n) is 9.11. The quantitative estimate of drug-likeness (QED) is 0.157. The second-order valence-electron chi connectivity index (χ2n) is 11.7. The van der Waals surface area contributed by atoms with Gasteiger partial charge >= 0.3 is 0 Å². The predicted molar refractivity (Wildman–Crippen MR) is 198 cm³/mol. The summed E-state index contributed by atoms with van der Waals surface area (Å²) in [5.41, 5.74) is 11.2. The number of para-hydroxylation sites is 2. The van der Waals surface area contributed by atoms with Crippen molar-refractivity contribution in [2.75, 3.05) is 9.80 Å². The highest BCUT2D eigenvalue weighted by Gasteiger charge is 2.44. The first-order valence-corrected chi connectivity index (χ1v) is 17.7. The number of hydrogen-bond donors (Lipinski definition) is 0. The van der Waals surface area contributed by atoms with Crippen LogP contribution in [0, 0.1) is 0 Å². The first-order chi connectivity index (χ1) is 22.8. The lowest BCUT2D eigenvalue weighted by atomic mass is 9.69. The van der Waals surface area contributed by atoms with Crippen molar-refractivity contribution < 1.29 is 0 Å². The van der Waals surface area contributed by atoms with Gasteiger partial charge in [-0.15, -0.1) is 22.7 Å². The fourth-order valence-corrected chi connectivity index (χ4v) is 8.78. The summed E-state index contributed by atoms with van der Waals surface area (Å²) in [4.78, 5) is 4.80. The molecule has 0 N–H and O–H groups in total. The van der Waals surface area contributed by atoms with Gasteiger partial charge in [0.05, 0.1) is 10.0 Å². The highest BCUT2D eigenvalue weighted by Crippen LogP contribution is 2.57. The van der Waals surface area contributed by atoms with Crippen LogP contribution in [0.3, 0.4) is 0 Å². The Morgan fingerprint density at radius 1 is 0.478 bits per heavy atom. The summed E-state index contributed by atoms with van der Waals surface area (Å²) >= 11 is 3.54. The second-order valence-corrected chi connectivity index (χ2v) is 13.6. The van der Waals surface area contributed by atoms with Crippen LogP contribution in [0.25, 0.3) is 11.1 Å². The lowest BCUT2D eigenvalue weighted by Gasteiger charge is -2.34. The number of hydrogen-bond acceptors (Lipinski definition) is 4. The number of thiophene rings is 2. The molecule has 1 aliphatic rings. The summed E-state index contributed by atoms with van der Waals surface area (Å²) < 4.78 is 0. The molecule has 0 spiro atoms. The smallest absolute Gasteiger partial charge is 0.0999 e. The van der Waals surface area contributed by atoms with Crippen LogP contribution < -0.4 is 9.80 Å². The van der Waals surface area contributed by atoms with Gasteiger partial charge in [-0.3, -0.25) is 0 Å². The molecular weight excluding hydrogens is 597 g/mol. The van der Waals surface area contributed by atoms with Crippen LogP contribution in [-0.4, -0.2) is 0 Å². The van der Waals surface area contributed by atoms with E-state index < -0.39 is 0 Å². The highest BCUT2D eigenvalue weighted by atomic mass is 32.1. The molecule has 5 aromatic carbocycles. The van der Waals surface area contributed by atoms with Crippen LogP contribution in [0.15, 0.2) is 162 Å². The van der Waals surface area contributed by atoms with Crippen molar-refractivity contribution in [2.45, 2.75) is 25.2 Å². The molecule has 8 rings (SSSR count). The number of rotatable bonds is 9. The van der Waals surface area contributed by atoms with Gasteiger partial charge in [0.15, 0.2) is 0 Å². The molecule has 0 saturated heterocycles. The summed E-state index contributed by atoms with van der Waals surface area (Å²) in [6.07, 6.45) is 2.07. The van der Waals surface area contributed by atoms with E-state index in [9.17, 15) is 0 Å². The fourth-order valence-electron chi connectivity index (χ4n) is 7.24. The van der Waals surface area contributed by atoms with E-state index in [1.807, 2.05) is 0 Å².